The van der Waals surface area contributed by atoms with E-state index in [2.05, 4.69) is 28.1 Å². The van der Waals surface area contributed by atoms with E-state index >= 15 is 0 Å². The maximum atomic E-state index is 10.2. The van der Waals surface area contributed by atoms with Crippen LogP contribution in [0.2, 0.25) is 0 Å². The Bertz CT molecular complexity index is 192. The van der Waals surface area contributed by atoms with E-state index in [0.29, 0.717) is 6.04 Å². The normalized spacial score (nSPS) is 14.8. The zero-order chi connectivity index (χ0) is 10.5. The monoisotopic (exact) mass is 186 g/mol. The molecule has 0 aliphatic carbocycles. The molecule has 0 radical (unpaired) electrons. The molecule has 3 heteroatoms. The zero-order valence-corrected chi connectivity index (χ0v) is 8.95. The summed E-state index contributed by atoms with van der Waals surface area (Å²) in [5.74, 6) is -0.865. The predicted octanol–water partition coefficient (Wildman–Crippen LogP) is 1.50. The predicted molar refractivity (Wildman–Crippen MR) is 53.5 cm³/mol. The highest BCUT2D eigenvalue weighted by Gasteiger charge is 2.19. The molecule has 76 valence electrons. The highest BCUT2D eigenvalue weighted by Crippen LogP contribution is 2.11. The molecular weight excluding hydrogens is 166 g/mol. The van der Waals surface area contributed by atoms with Gasteiger partial charge in [0.1, 0.15) is 0 Å². The van der Waals surface area contributed by atoms with Crippen LogP contribution in [0.1, 0.15) is 19.8 Å². The minimum Gasteiger partial charge on any atom is -0.478 e. The van der Waals surface area contributed by atoms with E-state index in [0.717, 1.165) is 17.3 Å². The van der Waals surface area contributed by atoms with Gasteiger partial charge in [-0.05, 0) is 6.42 Å². The Balaban J connectivity index is 4.08. The van der Waals surface area contributed by atoms with Crippen LogP contribution in [0.15, 0.2) is 12.2 Å². The van der Waals surface area contributed by atoms with Crippen molar-refractivity contribution in [2.75, 3.05) is 21.1 Å². The van der Waals surface area contributed by atoms with Crippen LogP contribution in [0, 0.1) is 0 Å². The van der Waals surface area contributed by atoms with Gasteiger partial charge >= 0.3 is 5.97 Å². The van der Waals surface area contributed by atoms with Crippen LogP contribution in [-0.4, -0.2) is 42.7 Å². The highest BCUT2D eigenvalue weighted by molar-refractivity contribution is 5.79. The van der Waals surface area contributed by atoms with Crippen molar-refractivity contribution in [3.05, 3.63) is 12.2 Å². The van der Waals surface area contributed by atoms with Crippen molar-refractivity contribution in [3.63, 3.8) is 0 Å². The number of carboxylic acid groups (broad SMARTS) is 1. The van der Waals surface area contributed by atoms with Crippen LogP contribution < -0.4 is 0 Å². The Kier molecular flexibility index (Phi) is 4.70. The molecule has 0 bridgehead atoms. The summed E-state index contributed by atoms with van der Waals surface area (Å²) in [6.07, 6.45) is 4.85. The minimum atomic E-state index is -0.865. The van der Waals surface area contributed by atoms with Gasteiger partial charge in [-0.25, -0.2) is 4.79 Å². The molecule has 0 spiro atoms. The minimum absolute atomic E-state index is 0.496. The Morgan fingerprint density at radius 1 is 1.46 bits per heavy atom. The van der Waals surface area contributed by atoms with Gasteiger partial charge in [0, 0.05) is 12.5 Å². The highest BCUT2D eigenvalue weighted by atomic mass is 16.4. The molecule has 0 saturated carbocycles. The average Bonchev–Trinajstić information content (AvgIpc) is 1.95. The van der Waals surface area contributed by atoms with Gasteiger partial charge in [0.2, 0.25) is 0 Å². The molecule has 0 saturated heterocycles. The number of carbonyl (C=O) groups is 1. The molecule has 0 aromatic heterocycles. The molecule has 0 aromatic rings. The summed E-state index contributed by atoms with van der Waals surface area (Å²) in [7, 11) is 6.38. The second-order valence-corrected chi connectivity index (χ2v) is 4.15. The van der Waals surface area contributed by atoms with Crippen molar-refractivity contribution < 1.29 is 14.4 Å². The van der Waals surface area contributed by atoms with Crippen LogP contribution in [-0.2, 0) is 4.79 Å². The van der Waals surface area contributed by atoms with Crippen molar-refractivity contribution in [1.82, 2.24) is 0 Å². The first-order chi connectivity index (χ1) is 5.88. The van der Waals surface area contributed by atoms with E-state index in [1.165, 1.54) is 6.08 Å². The molecule has 0 aliphatic heterocycles. The third-order valence-corrected chi connectivity index (χ3v) is 2.24. The lowest BCUT2D eigenvalue weighted by Gasteiger charge is -2.32. The quantitative estimate of drug-likeness (QED) is 0.522. The summed E-state index contributed by atoms with van der Waals surface area (Å²) in [4.78, 5) is 10.2. The first-order valence-corrected chi connectivity index (χ1v) is 4.58. The first kappa shape index (κ1) is 12.2. The molecule has 1 atom stereocenters. The van der Waals surface area contributed by atoms with E-state index in [1.807, 2.05) is 0 Å². The van der Waals surface area contributed by atoms with Crippen molar-refractivity contribution in [2.24, 2.45) is 0 Å². The maximum absolute atomic E-state index is 10.2. The summed E-state index contributed by atoms with van der Waals surface area (Å²) in [5.41, 5.74) is 0. The van der Waals surface area contributed by atoms with Gasteiger partial charge in [0.15, 0.2) is 0 Å². The van der Waals surface area contributed by atoms with Gasteiger partial charge in [-0.3, -0.25) is 0 Å². The molecule has 1 unspecified atom stereocenters. The third-order valence-electron chi connectivity index (χ3n) is 2.24. The second kappa shape index (κ2) is 5.02. The molecule has 0 fully saturated rings. The Hall–Kier alpha value is -0.830. The third kappa shape index (κ3) is 5.42. The number of hydrogen-bond acceptors (Lipinski definition) is 1. The molecule has 0 aromatic carbocycles. The van der Waals surface area contributed by atoms with Crippen molar-refractivity contribution >= 4 is 5.97 Å². The van der Waals surface area contributed by atoms with Crippen LogP contribution in [0.3, 0.4) is 0 Å². The molecule has 13 heavy (non-hydrogen) atoms. The number of carboxylic acids is 1. The number of quaternary nitrogens is 1. The lowest BCUT2D eigenvalue weighted by atomic mass is 10.1. The first-order valence-electron chi connectivity index (χ1n) is 4.58. The Morgan fingerprint density at radius 3 is 2.31 bits per heavy atom. The van der Waals surface area contributed by atoms with Crippen LogP contribution in [0.5, 0.6) is 0 Å². The van der Waals surface area contributed by atoms with Gasteiger partial charge < -0.3 is 9.59 Å². The van der Waals surface area contributed by atoms with E-state index in [-0.39, 0.29) is 0 Å². The van der Waals surface area contributed by atoms with E-state index in [9.17, 15) is 4.79 Å². The van der Waals surface area contributed by atoms with E-state index < -0.39 is 5.97 Å². The van der Waals surface area contributed by atoms with E-state index in [1.54, 1.807) is 6.08 Å². The molecule has 1 N–H and O–H groups in total. The van der Waals surface area contributed by atoms with Crippen LogP contribution >= 0.6 is 0 Å². The lowest BCUT2D eigenvalue weighted by molar-refractivity contribution is -0.895. The Morgan fingerprint density at radius 2 is 2.00 bits per heavy atom. The second-order valence-electron chi connectivity index (χ2n) is 4.15. The van der Waals surface area contributed by atoms with Crippen molar-refractivity contribution in [1.29, 1.82) is 0 Å². The standard InChI is InChI=1S/C10H19NO2/c1-5-9(11(2,3)4)7-6-8-10(12)13/h6,8-9H,5,7H2,1-4H3/p+1/b8-6+. The van der Waals surface area contributed by atoms with Crippen LogP contribution in [0.25, 0.3) is 0 Å². The fourth-order valence-electron chi connectivity index (χ4n) is 1.36. The summed E-state index contributed by atoms with van der Waals surface area (Å²) >= 11 is 0. The fraction of sp³-hybridized carbons (Fsp3) is 0.700. The zero-order valence-electron chi connectivity index (χ0n) is 8.95. The Labute approximate surface area is 80.3 Å². The summed E-state index contributed by atoms with van der Waals surface area (Å²) in [6.45, 7) is 2.13. The molecule has 3 nitrogen and oxygen atoms in total. The number of hydrogen-bond donors (Lipinski definition) is 1. The van der Waals surface area contributed by atoms with Gasteiger partial charge in [-0.1, -0.05) is 13.0 Å². The summed E-state index contributed by atoms with van der Waals surface area (Å²) < 4.78 is 0.875. The maximum Gasteiger partial charge on any atom is 0.327 e. The van der Waals surface area contributed by atoms with Crippen molar-refractivity contribution in [2.45, 2.75) is 25.8 Å². The molecule has 0 heterocycles. The van der Waals surface area contributed by atoms with Gasteiger partial charge in [-0.15, -0.1) is 0 Å². The molecule has 0 amide bonds. The number of aliphatic carboxylic acids is 1. The van der Waals surface area contributed by atoms with Gasteiger partial charge in [-0.2, -0.15) is 0 Å². The smallest absolute Gasteiger partial charge is 0.327 e. The summed E-state index contributed by atoms with van der Waals surface area (Å²) in [6, 6.07) is 0.496. The summed E-state index contributed by atoms with van der Waals surface area (Å²) in [5, 5.41) is 8.41. The van der Waals surface area contributed by atoms with E-state index in [4.69, 9.17) is 5.11 Å². The fourth-order valence-corrected chi connectivity index (χ4v) is 1.36. The largest absolute Gasteiger partial charge is 0.478 e. The molecular formula is C10H20NO2+. The lowest BCUT2D eigenvalue weighted by Crippen LogP contribution is -2.44. The van der Waals surface area contributed by atoms with Gasteiger partial charge in [0.05, 0.1) is 27.2 Å². The van der Waals surface area contributed by atoms with Gasteiger partial charge in [0.25, 0.3) is 0 Å². The number of nitrogens with zero attached hydrogens (tertiary/aromatic N) is 1. The van der Waals surface area contributed by atoms with Crippen LogP contribution in [0.4, 0.5) is 0 Å². The molecule has 0 rings (SSSR count). The topological polar surface area (TPSA) is 37.3 Å². The van der Waals surface area contributed by atoms with Crippen molar-refractivity contribution in [3.8, 4) is 0 Å². The molecule has 0 aliphatic rings. The number of rotatable bonds is 5. The SMILES string of the molecule is CCC(C/C=C/C(=O)O)[N+](C)(C)C. The average molecular weight is 186 g/mol.